The normalized spacial score (nSPS) is 13.3. The number of hydrogen-bond acceptors (Lipinski definition) is 3. The zero-order chi connectivity index (χ0) is 15.2. The van der Waals surface area contributed by atoms with Crippen LogP contribution in [0.15, 0.2) is 22.7 Å². The van der Waals surface area contributed by atoms with Gasteiger partial charge in [0.05, 0.1) is 13.7 Å². The first-order valence-electron chi connectivity index (χ1n) is 6.00. The molecule has 1 unspecified atom stereocenters. The third-order valence-corrected chi connectivity index (χ3v) is 3.49. The summed E-state index contributed by atoms with van der Waals surface area (Å²) in [5, 5.41) is 2.95. The van der Waals surface area contributed by atoms with E-state index in [4.69, 9.17) is 4.74 Å². The summed E-state index contributed by atoms with van der Waals surface area (Å²) in [6, 6.07) is 5.29. The minimum absolute atomic E-state index is 0.0142. The molecule has 114 valence electrons. The number of methoxy groups -OCH3 is 1. The number of alkyl halides is 3. The quantitative estimate of drug-likeness (QED) is 0.814. The predicted molar refractivity (Wildman–Crippen MR) is 74.1 cm³/mol. The molecule has 3 nitrogen and oxygen atoms in total. The van der Waals surface area contributed by atoms with Crippen LogP contribution in [0.5, 0.6) is 5.75 Å². The Hall–Kier alpha value is -0.790. The minimum Gasteiger partial charge on any atom is -0.497 e. The molecule has 0 spiro atoms. The van der Waals surface area contributed by atoms with E-state index in [9.17, 15) is 13.2 Å². The Morgan fingerprint density at radius 3 is 2.60 bits per heavy atom. The fourth-order valence-corrected chi connectivity index (χ4v) is 2.07. The molecule has 1 rings (SSSR count). The van der Waals surface area contributed by atoms with Gasteiger partial charge in [0.2, 0.25) is 0 Å². The number of halogens is 4. The maximum absolute atomic E-state index is 12.0. The van der Waals surface area contributed by atoms with E-state index in [0.717, 1.165) is 10.0 Å². The van der Waals surface area contributed by atoms with Crippen molar-refractivity contribution >= 4 is 15.9 Å². The van der Waals surface area contributed by atoms with E-state index >= 15 is 0 Å². The summed E-state index contributed by atoms with van der Waals surface area (Å²) in [7, 11) is 3.25. The molecular formula is C13H17BrF3NO2. The molecule has 1 aromatic rings. The highest BCUT2D eigenvalue weighted by molar-refractivity contribution is 9.10. The van der Waals surface area contributed by atoms with Gasteiger partial charge in [0, 0.05) is 10.5 Å². The largest absolute Gasteiger partial charge is 0.497 e. The Morgan fingerprint density at radius 1 is 1.35 bits per heavy atom. The maximum Gasteiger partial charge on any atom is 0.411 e. The number of hydrogen-bond donors (Lipinski definition) is 1. The van der Waals surface area contributed by atoms with Crippen LogP contribution in [0.2, 0.25) is 0 Å². The second-order valence-corrected chi connectivity index (χ2v) is 5.13. The molecule has 1 atom stereocenters. The van der Waals surface area contributed by atoms with Crippen LogP contribution in [0.25, 0.3) is 0 Å². The van der Waals surface area contributed by atoms with Crippen LogP contribution < -0.4 is 10.1 Å². The smallest absolute Gasteiger partial charge is 0.411 e. The number of likely N-dealkylation sites (N-methyl/N-ethyl adjacent to an activating group) is 1. The van der Waals surface area contributed by atoms with Gasteiger partial charge in [-0.05, 0) is 37.2 Å². The highest BCUT2D eigenvalue weighted by Gasteiger charge is 2.27. The Labute approximate surface area is 124 Å². The third kappa shape index (κ3) is 6.11. The minimum atomic E-state index is -4.30. The van der Waals surface area contributed by atoms with Crippen LogP contribution in [-0.2, 0) is 11.2 Å². The highest BCUT2D eigenvalue weighted by atomic mass is 79.9. The monoisotopic (exact) mass is 355 g/mol. The van der Waals surface area contributed by atoms with Gasteiger partial charge in [-0.2, -0.15) is 13.2 Å². The van der Waals surface area contributed by atoms with Crippen molar-refractivity contribution in [2.45, 2.75) is 18.6 Å². The molecule has 1 N–H and O–H groups in total. The van der Waals surface area contributed by atoms with Crippen molar-refractivity contribution in [1.29, 1.82) is 0 Å². The fraction of sp³-hybridized carbons (Fsp3) is 0.538. The first kappa shape index (κ1) is 17.3. The van der Waals surface area contributed by atoms with Gasteiger partial charge < -0.3 is 14.8 Å². The van der Waals surface area contributed by atoms with Crippen LogP contribution in [0.3, 0.4) is 0 Å². The van der Waals surface area contributed by atoms with Crippen molar-refractivity contribution in [3.8, 4) is 5.75 Å². The van der Waals surface area contributed by atoms with Gasteiger partial charge in [-0.1, -0.05) is 15.9 Å². The van der Waals surface area contributed by atoms with Gasteiger partial charge in [-0.25, -0.2) is 0 Å². The van der Waals surface area contributed by atoms with E-state index in [1.54, 1.807) is 14.2 Å². The summed E-state index contributed by atoms with van der Waals surface area (Å²) in [5.41, 5.74) is 0.944. The van der Waals surface area contributed by atoms with Crippen LogP contribution in [0, 0.1) is 0 Å². The summed E-state index contributed by atoms with van der Waals surface area (Å²) < 4.78 is 46.8. The number of benzene rings is 1. The van der Waals surface area contributed by atoms with Gasteiger partial charge in [0.1, 0.15) is 12.4 Å². The van der Waals surface area contributed by atoms with Gasteiger partial charge in [-0.3, -0.25) is 0 Å². The summed E-state index contributed by atoms with van der Waals surface area (Å²) in [5.74, 6) is 0.703. The molecule has 7 heteroatoms. The fourth-order valence-electron chi connectivity index (χ4n) is 1.66. The lowest BCUT2D eigenvalue weighted by Crippen LogP contribution is -2.34. The topological polar surface area (TPSA) is 30.5 Å². The van der Waals surface area contributed by atoms with Crippen LogP contribution in [0.1, 0.15) is 5.56 Å². The molecule has 20 heavy (non-hydrogen) atoms. The van der Waals surface area contributed by atoms with E-state index in [2.05, 4.69) is 26.0 Å². The van der Waals surface area contributed by atoms with Crippen molar-refractivity contribution in [1.82, 2.24) is 5.32 Å². The molecule has 0 amide bonds. The van der Waals surface area contributed by atoms with Crippen molar-refractivity contribution in [3.05, 3.63) is 28.2 Å². The Balaban J connectivity index is 2.59. The zero-order valence-electron chi connectivity index (χ0n) is 11.3. The van der Waals surface area contributed by atoms with Crippen molar-refractivity contribution in [2.75, 3.05) is 27.4 Å². The van der Waals surface area contributed by atoms with Crippen molar-refractivity contribution in [2.24, 2.45) is 0 Å². The zero-order valence-corrected chi connectivity index (χ0v) is 12.8. The van der Waals surface area contributed by atoms with Gasteiger partial charge >= 0.3 is 6.18 Å². The van der Waals surface area contributed by atoms with E-state index < -0.39 is 12.8 Å². The number of ether oxygens (including phenoxy) is 2. The summed E-state index contributed by atoms with van der Waals surface area (Å²) in [6.07, 6.45) is -3.76. The van der Waals surface area contributed by atoms with Gasteiger partial charge in [0.25, 0.3) is 0 Å². The van der Waals surface area contributed by atoms with Gasteiger partial charge in [-0.15, -0.1) is 0 Å². The molecule has 0 fully saturated rings. The van der Waals surface area contributed by atoms with Crippen LogP contribution >= 0.6 is 15.9 Å². The molecule has 0 saturated heterocycles. The first-order chi connectivity index (χ1) is 9.35. The Morgan fingerprint density at radius 2 is 2.05 bits per heavy atom. The number of nitrogens with one attached hydrogen (secondary N) is 1. The number of rotatable bonds is 7. The lowest BCUT2D eigenvalue weighted by molar-refractivity contribution is -0.175. The molecule has 1 aromatic carbocycles. The first-order valence-corrected chi connectivity index (χ1v) is 6.79. The van der Waals surface area contributed by atoms with Gasteiger partial charge in [0.15, 0.2) is 0 Å². The molecule has 0 heterocycles. The predicted octanol–water partition coefficient (Wildman–Crippen LogP) is 3.17. The Kier molecular flexibility index (Phi) is 6.78. The van der Waals surface area contributed by atoms with Crippen LogP contribution in [-0.4, -0.2) is 39.6 Å². The molecule has 0 saturated carbocycles. The van der Waals surface area contributed by atoms with E-state index in [0.29, 0.717) is 12.2 Å². The molecule has 0 aliphatic rings. The summed E-state index contributed by atoms with van der Waals surface area (Å²) in [4.78, 5) is 0. The van der Waals surface area contributed by atoms with Crippen molar-refractivity contribution in [3.63, 3.8) is 0 Å². The average Bonchev–Trinajstić information content (AvgIpc) is 2.38. The third-order valence-electron chi connectivity index (χ3n) is 2.71. The second-order valence-electron chi connectivity index (χ2n) is 4.28. The lowest BCUT2D eigenvalue weighted by atomic mass is 10.1. The highest BCUT2D eigenvalue weighted by Crippen LogP contribution is 2.24. The van der Waals surface area contributed by atoms with Crippen molar-refractivity contribution < 1.29 is 22.6 Å². The maximum atomic E-state index is 12.0. The van der Waals surface area contributed by atoms with Crippen LogP contribution in [0.4, 0.5) is 13.2 Å². The summed E-state index contributed by atoms with van der Waals surface area (Å²) >= 11 is 3.41. The second kappa shape index (κ2) is 7.85. The SMILES string of the molecule is CNC(COCC(F)(F)F)Cc1cc(OC)ccc1Br. The molecule has 0 radical (unpaired) electrons. The van der Waals surface area contributed by atoms with E-state index in [1.807, 2.05) is 18.2 Å². The summed E-state index contributed by atoms with van der Waals surface area (Å²) in [6.45, 7) is -1.25. The molecular weight excluding hydrogens is 339 g/mol. The van der Waals surface area contributed by atoms with E-state index in [1.165, 1.54) is 0 Å². The Bertz CT molecular complexity index is 427. The molecule has 0 aliphatic heterocycles. The molecule has 0 aromatic heterocycles. The van der Waals surface area contributed by atoms with E-state index in [-0.39, 0.29) is 12.6 Å². The molecule has 0 aliphatic carbocycles. The average molecular weight is 356 g/mol. The standard InChI is InChI=1S/C13H17BrF3NO2/c1-18-10(7-20-8-13(15,16)17)5-9-6-11(19-2)3-4-12(9)14/h3-4,6,10,18H,5,7-8H2,1-2H3. The molecule has 0 bridgehead atoms. The lowest BCUT2D eigenvalue weighted by Gasteiger charge is -2.18.